The van der Waals surface area contributed by atoms with Gasteiger partial charge < -0.3 is 5.73 Å². The van der Waals surface area contributed by atoms with Gasteiger partial charge in [-0.25, -0.2) is 4.39 Å². The van der Waals surface area contributed by atoms with Crippen LogP contribution in [0.1, 0.15) is 18.0 Å². The quantitative estimate of drug-likeness (QED) is 0.904. The third-order valence-electron chi connectivity index (χ3n) is 2.79. The van der Waals surface area contributed by atoms with Gasteiger partial charge in [-0.3, -0.25) is 0 Å². The van der Waals surface area contributed by atoms with Crippen LogP contribution in [-0.2, 0) is 0 Å². The molecule has 2 atom stereocenters. The number of hydrogen-bond donors (Lipinski definition) is 1. The van der Waals surface area contributed by atoms with E-state index in [1.54, 1.807) is 12.1 Å². The second-order valence-corrected chi connectivity index (χ2v) is 5.88. The smallest absolute Gasteiger partial charge is 0.128 e. The van der Waals surface area contributed by atoms with Crippen molar-refractivity contribution in [1.29, 1.82) is 0 Å². The van der Waals surface area contributed by atoms with E-state index in [0.29, 0.717) is 11.5 Å². The van der Waals surface area contributed by atoms with Crippen molar-refractivity contribution in [2.24, 2.45) is 11.7 Å². The molecule has 0 aliphatic carbocycles. The molecule has 4 heteroatoms. The normalized spacial score (nSPS) is 23.0. The molecule has 0 spiro atoms. The number of nitrogens with two attached hydrogens (primary N) is 1. The molecule has 1 heterocycles. The molecule has 82 valence electrons. The van der Waals surface area contributed by atoms with Crippen LogP contribution in [0.25, 0.3) is 0 Å². The Labute approximate surface area is 102 Å². The van der Waals surface area contributed by atoms with Crippen molar-refractivity contribution in [1.82, 2.24) is 0 Å². The largest absolute Gasteiger partial charge is 0.324 e. The lowest BCUT2D eigenvalue weighted by Crippen LogP contribution is -2.22. The molecule has 0 aromatic heterocycles. The van der Waals surface area contributed by atoms with Gasteiger partial charge >= 0.3 is 0 Å². The lowest BCUT2D eigenvalue weighted by molar-refractivity contribution is 0.460. The highest BCUT2D eigenvalue weighted by atomic mass is 79.9. The summed E-state index contributed by atoms with van der Waals surface area (Å²) >= 11 is 5.25. The summed E-state index contributed by atoms with van der Waals surface area (Å²) in [5, 5.41) is 0. The van der Waals surface area contributed by atoms with Gasteiger partial charge in [0.2, 0.25) is 0 Å². The molecule has 1 saturated heterocycles. The molecule has 0 amide bonds. The number of halogens is 2. The topological polar surface area (TPSA) is 26.0 Å². The minimum atomic E-state index is -0.192. The van der Waals surface area contributed by atoms with Gasteiger partial charge in [0.05, 0.1) is 0 Å². The van der Waals surface area contributed by atoms with E-state index in [1.165, 1.54) is 6.07 Å². The van der Waals surface area contributed by atoms with Gasteiger partial charge in [-0.1, -0.05) is 15.9 Å². The molecule has 0 bridgehead atoms. The zero-order chi connectivity index (χ0) is 10.8. The lowest BCUT2D eigenvalue weighted by Gasteiger charge is -2.19. The monoisotopic (exact) mass is 289 g/mol. The van der Waals surface area contributed by atoms with Crippen molar-refractivity contribution in [3.8, 4) is 0 Å². The van der Waals surface area contributed by atoms with Crippen LogP contribution < -0.4 is 5.73 Å². The summed E-state index contributed by atoms with van der Waals surface area (Å²) in [7, 11) is 0. The van der Waals surface area contributed by atoms with Crippen LogP contribution in [0.15, 0.2) is 22.7 Å². The molecule has 1 aromatic rings. The van der Waals surface area contributed by atoms with Gasteiger partial charge in [-0.05, 0) is 42.0 Å². The first-order chi connectivity index (χ1) is 7.18. The van der Waals surface area contributed by atoms with Gasteiger partial charge in [0.15, 0.2) is 0 Å². The van der Waals surface area contributed by atoms with Gasteiger partial charge in [0.25, 0.3) is 0 Å². The Bertz CT molecular complexity index is 352. The molecular weight excluding hydrogens is 277 g/mol. The van der Waals surface area contributed by atoms with Crippen LogP contribution in [0.5, 0.6) is 0 Å². The van der Waals surface area contributed by atoms with E-state index in [2.05, 4.69) is 15.9 Å². The minimum Gasteiger partial charge on any atom is -0.324 e. The number of rotatable bonds is 2. The van der Waals surface area contributed by atoms with E-state index in [4.69, 9.17) is 5.73 Å². The molecule has 1 fully saturated rings. The Morgan fingerprint density at radius 2 is 2.33 bits per heavy atom. The fourth-order valence-corrected chi connectivity index (χ4v) is 3.55. The summed E-state index contributed by atoms with van der Waals surface area (Å²) < 4.78 is 14.5. The zero-order valence-electron chi connectivity index (χ0n) is 8.25. The predicted octanol–water partition coefficient (Wildman–Crippen LogP) is 3.34. The van der Waals surface area contributed by atoms with Gasteiger partial charge in [-0.15, -0.1) is 0 Å². The highest BCUT2D eigenvalue weighted by Gasteiger charge is 2.25. The molecule has 1 aromatic carbocycles. The molecule has 2 unspecified atom stereocenters. The second kappa shape index (κ2) is 4.85. The zero-order valence-corrected chi connectivity index (χ0v) is 10.7. The third kappa shape index (κ3) is 2.55. The van der Waals surface area contributed by atoms with Crippen LogP contribution in [0.3, 0.4) is 0 Å². The Kier molecular flexibility index (Phi) is 3.69. The molecular formula is C11H13BrFNS. The molecule has 1 aliphatic heterocycles. The van der Waals surface area contributed by atoms with Gasteiger partial charge in [0, 0.05) is 16.1 Å². The van der Waals surface area contributed by atoms with E-state index >= 15 is 0 Å². The number of hydrogen-bond acceptors (Lipinski definition) is 2. The molecule has 2 N–H and O–H groups in total. The highest BCUT2D eigenvalue weighted by molar-refractivity contribution is 9.10. The standard InChI is InChI=1S/C11H13BrFNS/c12-8-1-2-10(13)9(5-8)11(14)7-3-4-15-6-7/h1-2,5,7,11H,3-4,6,14H2. The second-order valence-electron chi connectivity index (χ2n) is 3.82. The van der Waals surface area contributed by atoms with Crippen molar-refractivity contribution >= 4 is 27.7 Å². The van der Waals surface area contributed by atoms with Gasteiger partial charge in [-0.2, -0.15) is 11.8 Å². The molecule has 0 radical (unpaired) electrons. The maximum Gasteiger partial charge on any atom is 0.128 e. The number of thioether (sulfide) groups is 1. The SMILES string of the molecule is NC(c1cc(Br)ccc1F)C1CCSC1. The van der Waals surface area contributed by atoms with Crippen molar-refractivity contribution in [3.05, 3.63) is 34.1 Å². The summed E-state index contributed by atoms with van der Waals surface area (Å²) in [6.45, 7) is 0. The summed E-state index contributed by atoms with van der Waals surface area (Å²) in [5.41, 5.74) is 6.73. The van der Waals surface area contributed by atoms with Crippen LogP contribution in [-0.4, -0.2) is 11.5 Å². The molecule has 0 saturated carbocycles. The Morgan fingerprint density at radius 1 is 1.53 bits per heavy atom. The van der Waals surface area contributed by atoms with E-state index in [1.807, 2.05) is 11.8 Å². The Balaban J connectivity index is 2.23. The minimum absolute atomic E-state index is 0.169. The number of benzene rings is 1. The first-order valence-corrected chi connectivity index (χ1v) is 6.91. The van der Waals surface area contributed by atoms with Crippen molar-refractivity contribution in [2.45, 2.75) is 12.5 Å². The molecule has 2 rings (SSSR count). The molecule has 15 heavy (non-hydrogen) atoms. The van der Waals surface area contributed by atoms with Gasteiger partial charge in [0.1, 0.15) is 5.82 Å². The van der Waals surface area contributed by atoms with E-state index in [9.17, 15) is 4.39 Å². The summed E-state index contributed by atoms with van der Waals surface area (Å²) in [5.74, 6) is 2.42. The maximum absolute atomic E-state index is 13.6. The van der Waals surface area contributed by atoms with E-state index in [0.717, 1.165) is 22.4 Å². The molecule has 1 nitrogen and oxygen atoms in total. The summed E-state index contributed by atoms with van der Waals surface area (Å²) in [4.78, 5) is 0. The first-order valence-electron chi connectivity index (χ1n) is 4.97. The Morgan fingerprint density at radius 3 is 3.00 bits per heavy atom. The van der Waals surface area contributed by atoms with E-state index < -0.39 is 0 Å². The van der Waals surface area contributed by atoms with Crippen molar-refractivity contribution in [2.75, 3.05) is 11.5 Å². The first kappa shape index (κ1) is 11.4. The highest BCUT2D eigenvalue weighted by Crippen LogP contribution is 2.34. The maximum atomic E-state index is 13.6. The van der Waals surface area contributed by atoms with E-state index in [-0.39, 0.29) is 11.9 Å². The average molecular weight is 290 g/mol. The predicted molar refractivity (Wildman–Crippen MR) is 66.5 cm³/mol. The van der Waals surface area contributed by atoms with Crippen LogP contribution >= 0.6 is 27.7 Å². The van der Waals surface area contributed by atoms with Crippen LogP contribution in [0.4, 0.5) is 4.39 Å². The lowest BCUT2D eigenvalue weighted by atomic mass is 9.93. The third-order valence-corrected chi connectivity index (χ3v) is 4.47. The van der Waals surface area contributed by atoms with Crippen LogP contribution in [0, 0.1) is 11.7 Å². The average Bonchev–Trinajstić information content (AvgIpc) is 2.74. The summed E-state index contributed by atoms with van der Waals surface area (Å²) in [6, 6.07) is 4.80. The van der Waals surface area contributed by atoms with Crippen molar-refractivity contribution < 1.29 is 4.39 Å². The Hall–Kier alpha value is -0.0600. The van der Waals surface area contributed by atoms with Crippen LogP contribution in [0.2, 0.25) is 0 Å². The summed E-state index contributed by atoms with van der Waals surface area (Å²) in [6.07, 6.45) is 1.10. The fraction of sp³-hybridized carbons (Fsp3) is 0.455. The fourth-order valence-electron chi connectivity index (χ4n) is 1.86. The molecule has 1 aliphatic rings. The van der Waals surface area contributed by atoms with Crippen molar-refractivity contribution in [3.63, 3.8) is 0 Å².